The van der Waals surface area contributed by atoms with Gasteiger partial charge in [-0.25, -0.2) is 9.97 Å². The van der Waals surface area contributed by atoms with Crippen molar-refractivity contribution >= 4 is 72.6 Å². The lowest BCUT2D eigenvalue weighted by Gasteiger charge is -2.35. The number of hydrogen-bond acceptors (Lipinski definition) is 3. The summed E-state index contributed by atoms with van der Waals surface area (Å²) in [5, 5.41) is 9.54. The van der Waals surface area contributed by atoms with Crippen LogP contribution in [0.4, 0.5) is 0 Å². The van der Waals surface area contributed by atoms with Crippen LogP contribution in [0.5, 0.6) is 0 Å². The Morgan fingerprint density at radius 2 is 0.754 bits per heavy atom. The Kier molecular flexibility index (Phi) is 9.81. The molecule has 10 aromatic carbocycles. The maximum absolute atomic E-state index is 6.46. The first-order valence-electron chi connectivity index (χ1n) is 23.5. The molecule has 0 amide bonds. The van der Waals surface area contributed by atoms with Crippen LogP contribution in [0.1, 0.15) is 0 Å². The van der Waals surface area contributed by atoms with Crippen LogP contribution in [0.3, 0.4) is 0 Å². The highest BCUT2D eigenvalue weighted by molar-refractivity contribution is 7.20. The fraction of sp³-hybridized carbons (Fsp3) is 0. The molecule has 69 heavy (non-hydrogen) atoms. The van der Waals surface area contributed by atoms with Gasteiger partial charge in [-0.05, 0) is 73.3 Å². The van der Waals surface area contributed by atoms with Gasteiger partial charge in [0, 0.05) is 32.7 Å². The van der Waals surface area contributed by atoms with Crippen molar-refractivity contribution in [2.45, 2.75) is 0 Å². The molecule has 324 valence electrons. The molecule has 0 aliphatic rings. The van der Waals surface area contributed by atoms with E-state index < -0.39 is 8.07 Å². The van der Waals surface area contributed by atoms with Crippen LogP contribution in [0.15, 0.2) is 265 Å². The lowest BCUT2D eigenvalue weighted by atomic mass is 10.0. The highest BCUT2D eigenvalue weighted by Gasteiger charge is 2.42. The van der Waals surface area contributed by atoms with Gasteiger partial charge >= 0.3 is 0 Å². The van der Waals surface area contributed by atoms with Gasteiger partial charge in [-0.1, -0.05) is 231 Å². The van der Waals surface area contributed by atoms with E-state index in [1.54, 1.807) is 0 Å². The number of benzene rings is 10. The summed E-state index contributed by atoms with van der Waals surface area (Å²) in [5.41, 5.74) is 12.2. The summed E-state index contributed by atoms with van der Waals surface area (Å²) in [6.45, 7) is 0. The standard InChI is InChI=1S/C64H43N3OSi/c1-4-20-44(21-5-1)46-24-16-29-50(40-46)69(49-27-8-3-9-28-49,51-30-17-25-47(41-51)45-22-6-2-7-23-45)52-31-18-26-48(42-52)57-43-58(55-35-19-39-62-63(55)56-34-12-15-38-61(56)68-62)66-64(65-57)67-59-36-13-10-32-53(59)54-33-11-14-37-60(54)67/h1-43H. The zero-order valence-electron chi connectivity index (χ0n) is 37.6. The number of nitrogens with zero attached hydrogens (tertiary/aromatic N) is 3. The molecule has 13 aromatic rings. The van der Waals surface area contributed by atoms with E-state index in [0.717, 1.165) is 66.3 Å². The zero-order chi connectivity index (χ0) is 45.7. The average molecular weight is 898 g/mol. The van der Waals surface area contributed by atoms with Crippen molar-refractivity contribution in [3.8, 4) is 50.7 Å². The summed E-state index contributed by atoms with van der Waals surface area (Å²) >= 11 is 0. The van der Waals surface area contributed by atoms with Gasteiger partial charge in [0.1, 0.15) is 11.2 Å². The Morgan fingerprint density at radius 1 is 0.319 bits per heavy atom. The highest BCUT2D eigenvalue weighted by atomic mass is 28.3. The third-order valence-electron chi connectivity index (χ3n) is 13.8. The van der Waals surface area contributed by atoms with Gasteiger partial charge in [0.15, 0.2) is 8.07 Å². The summed E-state index contributed by atoms with van der Waals surface area (Å²) in [6.07, 6.45) is 0. The maximum Gasteiger partial charge on any atom is 0.235 e. The molecule has 0 saturated heterocycles. The Morgan fingerprint density at radius 3 is 1.36 bits per heavy atom. The molecule has 0 radical (unpaired) electrons. The van der Waals surface area contributed by atoms with Crippen molar-refractivity contribution in [1.82, 2.24) is 14.5 Å². The smallest absolute Gasteiger partial charge is 0.235 e. The molecule has 0 aliphatic heterocycles. The van der Waals surface area contributed by atoms with Crippen LogP contribution in [0.25, 0.3) is 94.5 Å². The van der Waals surface area contributed by atoms with E-state index in [4.69, 9.17) is 14.4 Å². The number of hydrogen-bond donors (Lipinski definition) is 0. The number of furan rings is 1. The van der Waals surface area contributed by atoms with Crippen LogP contribution >= 0.6 is 0 Å². The Labute approximate surface area is 401 Å². The second kappa shape index (κ2) is 16.8. The maximum atomic E-state index is 6.46. The molecule has 5 heteroatoms. The molecule has 0 unspecified atom stereocenters. The summed E-state index contributed by atoms with van der Waals surface area (Å²) in [6, 6.07) is 94.2. The van der Waals surface area contributed by atoms with Gasteiger partial charge in [-0.15, -0.1) is 0 Å². The number of aromatic nitrogens is 3. The molecule has 0 N–H and O–H groups in total. The SMILES string of the molecule is c1ccc(-c2cccc([Si](c3ccccc3)(c3cccc(-c4ccccc4)c3)c3cccc(-c4cc(-c5cccc6oc7ccccc7c56)nc(-n5c6ccccc6c6ccccc65)n4)c3)c2)cc1. The van der Waals surface area contributed by atoms with Crippen LogP contribution in [-0.2, 0) is 0 Å². The van der Waals surface area contributed by atoms with Gasteiger partial charge in [-0.3, -0.25) is 4.57 Å². The van der Waals surface area contributed by atoms with Crippen molar-refractivity contribution in [1.29, 1.82) is 0 Å². The monoisotopic (exact) mass is 897 g/mol. The topological polar surface area (TPSA) is 43.9 Å². The summed E-state index contributed by atoms with van der Waals surface area (Å²) < 4.78 is 8.68. The van der Waals surface area contributed by atoms with Crippen LogP contribution in [0.2, 0.25) is 0 Å². The number of rotatable bonds is 9. The molecule has 13 rings (SSSR count). The van der Waals surface area contributed by atoms with Crippen molar-refractivity contribution in [2.75, 3.05) is 0 Å². The molecule has 0 saturated carbocycles. The van der Waals surface area contributed by atoms with E-state index >= 15 is 0 Å². The number of para-hydroxylation sites is 3. The first-order chi connectivity index (χ1) is 34.2. The fourth-order valence-corrected chi connectivity index (χ4v) is 15.5. The lowest BCUT2D eigenvalue weighted by molar-refractivity contribution is 0.669. The minimum absolute atomic E-state index is 0.604. The Balaban J connectivity index is 1.10. The third kappa shape index (κ3) is 6.82. The van der Waals surface area contributed by atoms with E-state index in [1.807, 2.05) is 18.2 Å². The Bertz CT molecular complexity index is 3890. The second-order valence-corrected chi connectivity index (χ2v) is 21.5. The molecule has 0 fully saturated rings. The minimum Gasteiger partial charge on any atom is -0.456 e. The van der Waals surface area contributed by atoms with Gasteiger partial charge in [0.25, 0.3) is 0 Å². The molecular weight excluding hydrogens is 855 g/mol. The summed E-state index contributed by atoms with van der Waals surface area (Å²) in [7, 11) is -3.13. The van der Waals surface area contributed by atoms with Gasteiger partial charge in [0.05, 0.1) is 22.4 Å². The lowest BCUT2D eigenvalue weighted by Crippen LogP contribution is -2.74. The predicted octanol–water partition coefficient (Wildman–Crippen LogP) is 13.5. The summed E-state index contributed by atoms with van der Waals surface area (Å²) in [5.74, 6) is 0.604. The van der Waals surface area contributed by atoms with Gasteiger partial charge < -0.3 is 4.42 Å². The molecule has 0 bridgehead atoms. The molecule has 4 nitrogen and oxygen atoms in total. The van der Waals surface area contributed by atoms with E-state index in [-0.39, 0.29) is 0 Å². The summed E-state index contributed by atoms with van der Waals surface area (Å²) in [4.78, 5) is 11.1. The van der Waals surface area contributed by atoms with Crippen LogP contribution in [-0.4, -0.2) is 22.6 Å². The highest BCUT2D eigenvalue weighted by Crippen LogP contribution is 2.38. The average Bonchev–Trinajstić information content (AvgIpc) is 3.98. The first kappa shape index (κ1) is 40.4. The van der Waals surface area contributed by atoms with Gasteiger partial charge in [-0.2, -0.15) is 0 Å². The molecule has 0 atom stereocenters. The van der Waals surface area contributed by atoms with Crippen LogP contribution < -0.4 is 20.7 Å². The molecule has 3 heterocycles. The van der Waals surface area contributed by atoms with Crippen molar-refractivity contribution in [2.24, 2.45) is 0 Å². The largest absolute Gasteiger partial charge is 0.456 e. The normalized spacial score (nSPS) is 11.8. The number of fused-ring (bicyclic) bond motifs is 6. The fourth-order valence-electron chi connectivity index (χ4n) is 10.7. The molecule has 0 spiro atoms. The molecule has 0 aliphatic carbocycles. The van der Waals surface area contributed by atoms with E-state index in [0.29, 0.717) is 5.95 Å². The van der Waals surface area contributed by atoms with E-state index in [9.17, 15) is 0 Å². The van der Waals surface area contributed by atoms with Crippen LogP contribution in [0, 0.1) is 0 Å². The van der Waals surface area contributed by atoms with Crippen molar-refractivity contribution in [3.63, 3.8) is 0 Å². The third-order valence-corrected chi connectivity index (χ3v) is 18.5. The zero-order valence-corrected chi connectivity index (χ0v) is 38.6. The second-order valence-electron chi connectivity index (χ2n) is 17.7. The van der Waals surface area contributed by atoms with E-state index in [1.165, 1.54) is 43.0 Å². The van der Waals surface area contributed by atoms with Crippen molar-refractivity contribution < 1.29 is 4.42 Å². The quantitative estimate of drug-likeness (QED) is 0.107. The first-order valence-corrected chi connectivity index (χ1v) is 25.5. The van der Waals surface area contributed by atoms with E-state index in [2.05, 4.69) is 247 Å². The molecular formula is C64H43N3OSi. The Hall–Kier alpha value is -8.90. The van der Waals surface area contributed by atoms with Crippen molar-refractivity contribution in [3.05, 3.63) is 261 Å². The van der Waals surface area contributed by atoms with Gasteiger partial charge in [0.2, 0.25) is 5.95 Å². The predicted molar refractivity (Wildman–Crippen MR) is 289 cm³/mol. The minimum atomic E-state index is -3.13. The molecule has 3 aromatic heterocycles.